The number of nitrogens with zero attached hydrogens (tertiary/aromatic N) is 6. The van der Waals surface area contributed by atoms with Crippen LogP contribution < -0.4 is 25.0 Å². The molecule has 2 saturated heterocycles. The predicted molar refractivity (Wildman–Crippen MR) is 203 cm³/mol. The van der Waals surface area contributed by atoms with Crippen LogP contribution in [0.1, 0.15) is 83.5 Å². The second kappa shape index (κ2) is 18.3. The molecule has 3 aliphatic heterocycles. The number of carbonyl (C=O) groups is 5. The summed E-state index contributed by atoms with van der Waals surface area (Å²) in [6, 6.07) is 2.66. The number of hydrogen-bond donors (Lipinski definition) is 2. The molecule has 3 aromatic rings. The molecule has 2 aromatic heterocycles. The van der Waals surface area contributed by atoms with Crippen molar-refractivity contribution >= 4 is 47.1 Å². The first-order chi connectivity index (χ1) is 27.5. The lowest BCUT2D eigenvalue weighted by molar-refractivity contribution is -0.195. The fourth-order valence-corrected chi connectivity index (χ4v) is 6.97. The highest BCUT2D eigenvalue weighted by Crippen LogP contribution is 2.42. The van der Waals surface area contributed by atoms with Gasteiger partial charge in [0.2, 0.25) is 17.6 Å². The number of hydrogen-bond acceptors (Lipinski definition) is 13. The Labute approximate surface area is 329 Å². The second-order valence-electron chi connectivity index (χ2n) is 13.6. The molecule has 57 heavy (non-hydrogen) atoms. The van der Waals surface area contributed by atoms with Crippen molar-refractivity contribution in [3.05, 3.63) is 54.4 Å². The summed E-state index contributed by atoms with van der Waals surface area (Å²) in [6.45, 7) is 6.55. The highest BCUT2D eigenvalue weighted by molar-refractivity contribution is 6.06. The molecule has 5 heterocycles. The summed E-state index contributed by atoms with van der Waals surface area (Å²) in [5, 5.41) is 5.28. The van der Waals surface area contributed by atoms with Crippen molar-refractivity contribution in [2.45, 2.75) is 70.4 Å². The number of imidazole rings is 2. The van der Waals surface area contributed by atoms with Crippen LogP contribution in [0.15, 0.2) is 37.2 Å². The Morgan fingerprint density at radius 2 is 1.74 bits per heavy atom. The molecule has 2 N–H and O–H groups in total. The molecule has 4 amide bonds. The van der Waals surface area contributed by atoms with E-state index in [-0.39, 0.29) is 90.5 Å². The number of aromatic nitrogens is 4. The third kappa shape index (κ3) is 9.20. The first-order valence-electron chi connectivity index (χ1n) is 18.9. The number of benzene rings is 1. The molecule has 2 unspecified atom stereocenters. The minimum absolute atomic E-state index is 0.00694. The predicted octanol–water partition coefficient (Wildman–Crippen LogP) is 4.01. The Bertz CT molecular complexity index is 1990. The van der Waals surface area contributed by atoms with Gasteiger partial charge in [-0.3, -0.25) is 14.4 Å². The van der Waals surface area contributed by atoms with Gasteiger partial charge in [-0.1, -0.05) is 12.7 Å². The summed E-state index contributed by atoms with van der Waals surface area (Å²) in [5.41, 5.74) is 0.455. The second-order valence-corrected chi connectivity index (χ2v) is 13.6. The number of esters is 1. The van der Waals surface area contributed by atoms with E-state index in [1.165, 1.54) is 39.6 Å². The molecular weight excluding hydrogens is 744 g/mol. The van der Waals surface area contributed by atoms with E-state index in [4.69, 9.17) is 28.4 Å². The zero-order chi connectivity index (χ0) is 40.6. The van der Waals surface area contributed by atoms with Crippen molar-refractivity contribution in [1.29, 1.82) is 0 Å². The third-order valence-corrected chi connectivity index (χ3v) is 9.59. The van der Waals surface area contributed by atoms with Gasteiger partial charge in [0.15, 0.2) is 35.7 Å². The molecule has 2 fully saturated rings. The molecule has 19 nitrogen and oxygen atoms in total. The highest BCUT2D eigenvalue weighted by atomic mass is 16.7. The summed E-state index contributed by atoms with van der Waals surface area (Å²) in [5.74, 6) is -1.10. The number of amides is 4. The number of aryl methyl sites for hydroxylation is 2. The number of nitrogens with one attached hydrogen (secondary N) is 2. The van der Waals surface area contributed by atoms with Crippen LogP contribution in [0.2, 0.25) is 0 Å². The maximum absolute atomic E-state index is 14.1. The average Bonchev–Trinajstić information content (AvgIpc) is 3.92. The van der Waals surface area contributed by atoms with Crippen molar-refractivity contribution in [1.82, 2.24) is 24.0 Å². The molecule has 306 valence electrons. The lowest BCUT2D eigenvalue weighted by Gasteiger charge is -2.38. The van der Waals surface area contributed by atoms with Gasteiger partial charge in [-0.25, -0.2) is 24.5 Å². The van der Waals surface area contributed by atoms with Gasteiger partial charge in [0, 0.05) is 52.1 Å². The zero-order valence-electron chi connectivity index (χ0n) is 32.5. The smallest absolute Gasteiger partial charge is 0.416 e. The summed E-state index contributed by atoms with van der Waals surface area (Å²) in [7, 11) is 4.64. The molecule has 19 heteroatoms. The van der Waals surface area contributed by atoms with E-state index in [9.17, 15) is 24.0 Å². The maximum atomic E-state index is 14.1. The first kappa shape index (κ1) is 40.7. The topological polar surface area (TPSA) is 207 Å². The normalized spacial score (nSPS) is 18.9. The van der Waals surface area contributed by atoms with Crippen LogP contribution in [0.3, 0.4) is 0 Å². The Morgan fingerprint density at radius 3 is 2.46 bits per heavy atom. The van der Waals surface area contributed by atoms with E-state index in [0.29, 0.717) is 26.0 Å². The molecule has 3 aliphatic rings. The molecule has 0 radical (unpaired) electrons. The van der Waals surface area contributed by atoms with Crippen LogP contribution in [-0.4, -0.2) is 112 Å². The standard InChI is InChI=1S/C38H48N8O11/c1-6-16-56-38(51)46-25-20-27(26(52-5)19-23(25)35(49)45-15-10-12-24(45)36(46)57-31-14-8-9-17-55-31)54-18-11-13-30(47)39-28-21-43(3)32(40-28)34(48)42-29-22-44(4)33(41-29)37(50)53-7-2/h6,19-22,24,31,36H,1,7-18H2,2-5H3,(H,39,47)(H,42,48)/t24-,31?,36?/m0/s1. The largest absolute Gasteiger partial charge is 0.493 e. The molecule has 6 rings (SSSR count). The van der Waals surface area contributed by atoms with Gasteiger partial charge >= 0.3 is 12.1 Å². The Balaban J connectivity index is 1.12. The quantitative estimate of drug-likeness (QED) is 0.127. The lowest BCUT2D eigenvalue weighted by atomic mass is 10.1. The van der Waals surface area contributed by atoms with E-state index in [1.54, 1.807) is 38.1 Å². The first-order valence-corrected chi connectivity index (χ1v) is 18.9. The van der Waals surface area contributed by atoms with E-state index in [1.807, 2.05) is 0 Å². The summed E-state index contributed by atoms with van der Waals surface area (Å²) in [6.07, 6.45) is 6.33. The highest BCUT2D eigenvalue weighted by Gasteiger charge is 2.48. The number of rotatable bonds is 15. The fraction of sp³-hybridized carbons (Fsp3) is 0.500. The number of ether oxygens (including phenoxy) is 6. The monoisotopic (exact) mass is 792 g/mol. The molecule has 0 bridgehead atoms. The summed E-state index contributed by atoms with van der Waals surface area (Å²) >= 11 is 0. The van der Waals surface area contributed by atoms with Crippen LogP contribution in [0.5, 0.6) is 11.5 Å². The van der Waals surface area contributed by atoms with E-state index in [2.05, 4.69) is 27.2 Å². The Kier molecular flexibility index (Phi) is 13.1. The van der Waals surface area contributed by atoms with E-state index in [0.717, 1.165) is 19.3 Å². The van der Waals surface area contributed by atoms with Crippen LogP contribution >= 0.6 is 0 Å². The third-order valence-electron chi connectivity index (χ3n) is 9.59. The van der Waals surface area contributed by atoms with Crippen molar-refractivity contribution in [2.75, 3.05) is 55.6 Å². The Hall–Kier alpha value is -5.95. The minimum Gasteiger partial charge on any atom is -0.493 e. The van der Waals surface area contributed by atoms with Crippen LogP contribution in [-0.2, 0) is 37.8 Å². The van der Waals surface area contributed by atoms with Crippen molar-refractivity contribution in [2.24, 2.45) is 14.1 Å². The Morgan fingerprint density at radius 1 is 0.982 bits per heavy atom. The van der Waals surface area contributed by atoms with E-state index >= 15 is 0 Å². The molecule has 1 aromatic carbocycles. The summed E-state index contributed by atoms with van der Waals surface area (Å²) in [4.78, 5) is 77.3. The summed E-state index contributed by atoms with van der Waals surface area (Å²) < 4.78 is 37.5. The van der Waals surface area contributed by atoms with Crippen LogP contribution in [0, 0.1) is 0 Å². The van der Waals surface area contributed by atoms with Gasteiger partial charge in [0.1, 0.15) is 6.61 Å². The van der Waals surface area contributed by atoms with E-state index < -0.39 is 36.5 Å². The number of fused-ring (bicyclic) bond motifs is 2. The van der Waals surface area contributed by atoms with Gasteiger partial charge in [-0.05, 0) is 51.5 Å². The average molecular weight is 793 g/mol. The van der Waals surface area contributed by atoms with Crippen LogP contribution in [0.4, 0.5) is 22.1 Å². The number of methoxy groups -OCH3 is 1. The van der Waals surface area contributed by atoms with Crippen molar-refractivity contribution in [3.63, 3.8) is 0 Å². The van der Waals surface area contributed by atoms with Gasteiger partial charge in [0.25, 0.3) is 11.8 Å². The van der Waals surface area contributed by atoms with Crippen LogP contribution in [0.25, 0.3) is 0 Å². The van der Waals surface area contributed by atoms with Gasteiger partial charge in [-0.2, -0.15) is 0 Å². The molecule has 0 saturated carbocycles. The van der Waals surface area contributed by atoms with Crippen molar-refractivity contribution in [3.8, 4) is 11.5 Å². The van der Waals surface area contributed by atoms with Gasteiger partial charge in [0.05, 0.1) is 37.6 Å². The number of anilines is 3. The lowest BCUT2D eigenvalue weighted by Crippen LogP contribution is -2.54. The fourth-order valence-electron chi connectivity index (χ4n) is 6.97. The van der Waals surface area contributed by atoms with Gasteiger partial charge < -0.3 is 53.1 Å². The SMILES string of the molecule is C=CCOC(=O)N1c2cc(OCCCC(=O)Nc3cn(C)c(C(=O)Nc4cn(C)c(C(=O)OCC)n4)n3)c(OC)cc2C(=O)N2CCC[C@H]2C1OC1CCCCO1. The number of carbonyl (C=O) groups excluding carboxylic acids is 5. The zero-order valence-corrected chi connectivity index (χ0v) is 32.5. The maximum Gasteiger partial charge on any atom is 0.416 e. The molecule has 0 spiro atoms. The van der Waals surface area contributed by atoms with Crippen molar-refractivity contribution < 1.29 is 52.4 Å². The molecular formula is C38H48N8O11. The minimum atomic E-state index is -0.902. The molecule has 3 atom stereocenters. The molecule has 0 aliphatic carbocycles. The van der Waals surface area contributed by atoms with Gasteiger partial charge in [-0.15, -0.1) is 0 Å².